The Balaban J connectivity index is 1.52. The Kier molecular flexibility index (Phi) is 4.63. The van der Waals surface area contributed by atoms with E-state index in [0.29, 0.717) is 6.04 Å². The summed E-state index contributed by atoms with van der Waals surface area (Å²) in [7, 11) is 0. The van der Waals surface area contributed by atoms with Gasteiger partial charge in [-0.05, 0) is 18.9 Å². The number of carboxylic acid groups (broad SMARTS) is 1. The minimum Gasteiger partial charge on any atom is -0.477 e. The summed E-state index contributed by atoms with van der Waals surface area (Å²) >= 11 is 1.60. The van der Waals surface area contributed by atoms with Crippen LogP contribution in [0, 0.1) is 11.8 Å². The van der Waals surface area contributed by atoms with Crippen LogP contribution in [-0.4, -0.2) is 70.1 Å². The predicted molar refractivity (Wildman–Crippen MR) is 98.4 cm³/mol. The summed E-state index contributed by atoms with van der Waals surface area (Å²) < 4.78 is 0. The fourth-order valence-electron chi connectivity index (χ4n) is 4.69. The Morgan fingerprint density at radius 2 is 2.23 bits per heavy atom. The Morgan fingerprint density at radius 1 is 1.46 bits per heavy atom. The van der Waals surface area contributed by atoms with E-state index in [2.05, 4.69) is 16.7 Å². The second-order valence-electron chi connectivity index (χ2n) is 7.62. The molecule has 0 spiro atoms. The zero-order valence-electron chi connectivity index (χ0n) is 14.9. The van der Waals surface area contributed by atoms with E-state index in [4.69, 9.17) is 0 Å². The molecular weight excluding hydrogens is 354 g/mol. The van der Waals surface area contributed by atoms with Crippen molar-refractivity contribution in [2.45, 2.75) is 43.7 Å². The third-order valence-electron chi connectivity index (χ3n) is 5.98. The molecule has 4 aliphatic heterocycles. The van der Waals surface area contributed by atoms with Gasteiger partial charge in [0, 0.05) is 41.7 Å². The van der Waals surface area contributed by atoms with Gasteiger partial charge in [0.15, 0.2) is 0 Å². The van der Waals surface area contributed by atoms with Crippen LogP contribution in [-0.2, 0) is 9.59 Å². The van der Waals surface area contributed by atoms with Gasteiger partial charge in [-0.2, -0.15) is 0 Å². The molecule has 0 saturated carbocycles. The van der Waals surface area contributed by atoms with Crippen LogP contribution >= 0.6 is 11.8 Å². The van der Waals surface area contributed by atoms with E-state index in [1.807, 2.05) is 6.92 Å². The number of aliphatic hydroxyl groups excluding tert-OH is 1. The minimum atomic E-state index is -1.05. The molecule has 7 nitrogen and oxygen atoms in total. The fraction of sp³-hybridized carbons (Fsp3) is 0.667. The van der Waals surface area contributed by atoms with Gasteiger partial charge in [0.2, 0.25) is 5.91 Å². The molecule has 1 amide bonds. The number of hydrogen-bond donors (Lipinski definition) is 4. The van der Waals surface area contributed by atoms with Gasteiger partial charge in [-0.15, -0.1) is 11.8 Å². The van der Waals surface area contributed by atoms with Crippen molar-refractivity contribution in [3.8, 4) is 0 Å². The number of β-lactam (4-membered cyclic amide) rings is 1. The lowest BCUT2D eigenvalue weighted by molar-refractivity contribution is -0.163. The summed E-state index contributed by atoms with van der Waals surface area (Å²) in [5.41, 5.74) is 1.51. The molecule has 4 heterocycles. The van der Waals surface area contributed by atoms with Crippen LogP contribution in [0.25, 0.3) is 0 Å². The molecule has 26 heavy (non-hydrogen) atoms. The molecule has 0 aromatic heterocycles. The lowest BCUT2D eigenvalue weighted by atomic mass is 9.79. The highest BCUT2D eigenvalue weighted by Gasteiger charge is 2.60. The first-order valence-electron chi connectivity index (χ1n) is 9.18. The molecule has 8 heteroatoms. The number of nitrogens with one attached hydrogen (secondary N) is 2. The van der Waals surface area contributed by atoms with Gasteiger partial charge in [0.05, 0.1) is 18.1 Å². The van der Waals surface area contributed by atoms with Crippen molar-refractivity contribution in [1.29, 1.82) is 0 Å². The van der Waals surface area contributed by atoms with Crippen LogP contribution in [0.5, 0.6) is 0 Å². The molecule has 4 rings (SSSR count). The molecule has 6 atom stereocenters. The van der Waals surface area contributed by atoms with Crippen LogP contribution in [0.4, 0.5) is 0 Å². The SMILES string of the molecule is C[C@@H](O)[C@H]1C(=O)N2C(C(=O)O)=C(S[C@@H]3CN[C@H](C4=CCNC4)C3)[C@H](C)[C@H]12. The highest BCUT2D eigenvalue weighted by molar-refractivity contribution is 8.03. The average molecular weight is 379 g/mol. The number of nitrogens with zero attached hydrogens (tertiary/aromatic N) is 1. The normalized spacial score (nSPS) is 37.7. The number of carbonyl (C=O) groups is 2. The third-order valence-corrected chi connectivity index (χ3v) is 7.49. The molecule has 0 aromatic rings. The molecule has 142 valence electrons. The topological polar surface area (TPSA) is 102 Å². The van der Waals surface area contributed by atoms with Gasteiger partial charge in [-0.25, -0.2) is 4.79 Å². The van der Waals surface area contributed by atoms with Gasteiger partial charge in [-0.1, -0.05) is 13.0 Å². The monoisotopic (exact) mass is 379 g/mol. The number of aliphatic hydroxyl groups is 1. The van der Waals surface area contributed by atoms with Crippen molar-refractivity contribution in [2.24, 2.45) is 11.8 Å². The van der Waals surface area contributed by atoms with Gasteiger partial charge in [-0.3, -0.25) is 4.79 Å². The largest absolute Gasteiger partial charge is 0.477 e. The standard InChI is InChI=1S/C18H25N3O4S/c1-8-14-13(9(2)22)17(23)21(14)15(18(24)25)16(8)26-11-5-12(20-7-11)10-3-4-19-6-10/h3,8-9,11-14,19-20,22H,4-7H2,1-2H3,(H,24,25)/t8-,9-,11+,12+,13-,14-/m1/s1. The molecule has 0 unspecified atom stereocenters. The Labute approximate surface area is 156 Å². The average Bonchev–Trinajstić information content (AvgIpc) is 3.28. The molecule has 0 bridgehead atoms. The lowest BCUT2D eigenvalue weighted by Gasteiger charge is -2.46. The zero-order chi connectivity index (χ0) is 18.6. The maximum Gasteiger partial charge on any atom is 0.353 e. The maximum absolute atomic E-state index is 12.4. The summed E-state index contributed by atoms with van der Waals surface area (Å²) in [6, 6.07) is 0.111. The second kappa shape index (κ2) is 6.67. The van der Waals surface area contributed by atoms with Crippen LogP contribution in [0.1, 0.15) is 20.3 Å². The van der Waals surface area contributed by atoms with E-state index in [1.54, 1.807) is 18.7 Å². The lowest BCUT2D eigenvalue weighted by Crippen LogP contribution is -2.63. The van der Waals surface area contributed by atoms with E-state index < -0.39 is 18.0 Å². The summed E-state index contributed by atoms with van der Waals surface area (Å²) in [5, 5.41) is 26.8. The van der Waals surface area contributed by atoms with Crippen LogP contribution in [0.2, 0.25) is 0 Å². The number of amides is 1. The second-order valence-corrected chi connectivity index (χ2v) is 8.96. The third kappa shape index (κ3) is 2.70. The first kappa shape index (κ1) is 18.0. The molecule has 0 radical (unpaired) electrons. The van der Waals surface area contributed by atoms with E-state index >= 15 is 0 Å². The molecule has 0 aromatic carbocycles. The Bertz CT molecular complexity index is 705. The van der Waals surface area contributed by atoms with Gasteiger partial charge in [0.25, 0.3) is 0 Å². The van der Waals surface area contributed by atoms with E-state index in [0.717, 1.165) is 31.0 Å². The molecule has 4 N–H and O–H groups in total. The quantitative estimate of drug-likeness (QED) is 0.398. The maximum atomic E-state index is 12.4. The first-order valence-corrected chi connectivity index (χ1v) is 10.1. The number of carboxylic acids is 1. The van der Waals surface area contributed by atoms with Crippen molar-refractivity contribution >= 4 is 23.6 Å². The van der Waals surface area contributed by atoms with Crippen molar-refractivity contribution < 1.29 is 19.8 Å². The van der Waals surface area contributed by atoms with Crippen molar-refractivity contribution in [2.75, 3.05) is 19.6 Å². The number of fused-ring (bicyclic) bond motifs is 1. The van der Waals surface area contributed by atoms with Gasteiger partial charge in [0.1, 0.15) is 5.70 Å². The van der Waals surface area contributed by atoms with Gasteiger partial charge < -0.3 is 25.7 Å². The molecule has 2 fully saturated rings. The van der Waals surface area contributed by atoms with E-state index in [9.17, 15) is 19.8 Å². The van der Waals surface area contributed by atoms with Crippen LogP contribution in [0.15, 0.2) is 22.3 Å². The van der Waals surface area contributed by atoms with E-state index in [-0.39, 0.29) is 28.8 Å². The van der Waals surface area contributed by atoms with Gasteiger partial charge >= 0.3 is 5.97 Å². The summed E-state index contributed by atoms with van der Waals surface area (Å²) in [6.45, 7) is 6.23. The number of carbonyl (C=O) groups excluding carboxylic acids is 1. The Hall–Kier alpha value is -1.35. The number of aliphatic carboxylic acids is 1. The van der Waals surface area contributed by atoms with Crippen LogP contribution in [0.3, 0.4) is 0 Å². The predicted octanol–water partition coefficient (Wildman–Crippen LogP) is 0.133. The summed E-state index contributed by atoms with van der Waals surface area (Å²) in [6.07, 6.45) is 2.42. The highest BCUT2D eigenvalue weighted by Crippen LogP contribution is 2.51. The summed E-state index contributed by atoms with van der Waals surface area (Å²) in [4.78, 5) is 26.4. The first-order chi connectivity index (χ1) is 12.4. The van der Waals surface area contributed by atoms with Crippen LogP contribution < -0.4 is 10.6 Å². The summed E-state index contributed by atoms with van der Waals surface area (Å²) in [5.74, 6) is -1.88. The smallest absolute Gasteiger partial charge is 0.353 e. The number of hydrogen-bond acceptors (Lipinski definition) is 6. The van der Waals surface area contributed by atoms with Crippen molar-refractivity contribution in [3.63, 3.8) is 0 Å². The Morgan fingerprint density at radius 3 is 2.85 bits per heavy atom. The number of thioether (sulfide) groups is 1. The van der Waals surface area contributed by atoms with E-state index in [1.165, 1.54) is 10.5 Å². The number of rotatable bonds is 5. The molecular formula is C18H25N3O4S. The molecule has 0 aliphatic carbocycles. The molecule has 4 aliphatic rings. The van der Waals surface area contributed by atoms with Crippen molar-refractivity contribution in [1.82, 2.24) is 15.5 Å². The highest BCUT2D eigenvalue weighted by atomic mass is 32.2. The molecule has 2 saturated heterocycles. The van der Waals surface area contributed by atoms with Crippen molar-refractivity contribution in [3.05, 3.63) is 22.3 Å². The fourth-order valence-corrected chi connectivity index (χ4v) is 6.17. The zero-order valence-corrected chi connectivity index (χ0v) is 15.8. The minimum absolute atomic E-state index is 0.0604.